The van der Waals surface area contributed by atoms with Crippen LogP contribution in [0.1, 0.15) is 33.6 Å². The minimum atomic E-state index is -1.04. The zero-order valence-electron chi connectivity index (χ0n) is 7.39. The molecule has 0 aliphatic carbocycles. The zero-order chi connectivity index (χ0) is 8.04. The minimum absolute atomic E-state index is 1.02. The van der Waals surface area contributed by atoms with Gasteiger partial charge in [-0.2, -0.15) is 0 Å². The van der Waals surface area contributed by atoms with Crippen molar-refractivity contribution in [1.82, 2.24) is 0 Å². The molecule has 10 heavy (non-hydrogen) atoms. The summed E-state index contributed by atoms with van der Waals surface area (Å²) < 4.78 is 9.58. The summed E-state index contributed by atoms with van der Waals surface area (Å²) >= 11 is 0. The van der Waals surface area contributed by atoms with Crippen LogP contribution in [0.3, 0.4) is 0 Å². The van der Waals surface area contributed by atoms with Gasteiger partial charge >= 0.3 is 0 Å². The normalized spacial score (nSPS) is 24.8. The van der Waals surface area contributed by atoms with Crippen molar-refractivity contribution >= 4 is 10.3 Å². The molecule has 0 unspecified atom stereocenters. The van der Waals surface area contributed by atoms with Crippen LogP contribution in [-0.4, -0.2) is 21.8 Å². The van der Waals surface area contributed by atoms with Crippen LogP contribution in [0.4, 0.5) is 0 Å². The van der Waals surface area contributed by atoms with Gasteiger partial charge in [0.05, 0.1) is 0 Å². The third-order valence-electron chi connectivity index (χ3n) is 1.84. The molecule has 64 valence electrons. The van der Waals surface area contributed by atoms with Gasteiger partial charge in [0.2, 0.25) is 0 Å². The predicted octanol–water partition coefficient (Wildman–Crippen LogP) is 3.10. The lowest BCUT2D eigenvalue weighted by atomic mass is 10.4. The predicted molar refractivity (Wildman–Crippen MR) is 51.1 cm³/mol. The van der Waals surface area contributed by atoms with Crippen LogP contribution in [0, 0.1) is 0 Å². The Morgan fingerprint density at radius 1 is 1.20 bits per heavy atom. The molecule has 1 N–H and O–H groups in total. The summed E-state index contributed by atoms with van der Waals surface area (Å²) in [5.74, 6) is 3.25. The van der Waals surface area contributed by atoms with Crippen molar-refractivity contribution in [1.29, 1.82) is 0 Å². The molecule has 0 spiro atoms. The zero-order valence-corrected chi connectivity index (χ0v) is 8.21. The van der Waals surface area contributed by atoms with Crippen molar-refractivity contribution in [2.45, 2.75) is 33.6 Å². The average Bonchev–Trinajstić information content (AvgIpc) is 2.42. The molecule has 1 saturated heterocycles. The van der Waals surface area contributed by atoms with Gasteiger partial charge in [0.15, 0.2) is 0 Å². The maximum Gasteiger partial charge on any atom is -0.00122 e. The minimum Gasteiger partial charge on any atom is -0.351 e. The highest BCUT2D eigenvalue weighted by Gasteiger charge is 2.22. The molecule has 0 aromatic carbocycles. The highest BCUT2D eigenvalue weighted by atomic mass is 32.3. The Balaban J connectivity index is 0.000000371. The SMILES string of the molecule is CC.CCS1(O)CCCC1. The van der Waals surface area contributed by atoms with Crippen molar-refractivity contribution in [3.63, 3.8) is 0 Å². The van der Waals surface area contributed by atoms with Gasteiger partial charge < -0.3 is 4.55 Å². The molecule has 1 aliphatic heterocycles. The van der Waals surface area contributed by atoms with Crippen LogP contribution in [0.25, 0.3) is 0 Å². The summed E-state index contributed by atoms with van der Waals surface area (Å²) in [4.78, 5) is 0. The standard InChI is InChI=1S/C6H14OS.C2H6/c1-2-8(7)5-3-4-6-8;1-2/h7H,2-6H2,1H3;1-2H3. The van der Waals surface area contributed by atoms with Crippen molar-refractivity contribution in [3.05, 3.63) is 0 Å². The summed E-state index contributed by atoms with van der Waals surface area (Å²) in [6.45, 7) is 6.10. The first-order chi connectivity index (χ1) is 4.77. The summed E-state index contributed by atoms with van der Waals surface area (Å²) in [5.41, 5.74) is 0. The summed E-state index contributed by atoms with van der Waals surface area (Å²) in [6, 6.07) is 0. The van der Waals surface area contributed by atoms with Gasteiger partial charge in [-0.3, -0.25) is 0 Å². The summed E-state index contributed by atoms with van der Waals surface area (Å²) in [7, 11) is -1.04. The van der Waals surface area contributed by atoms with E-state index in [2.05, 4.69) is 6.92 Å². The van der Waals surface area contributed by atoms with E-state index in [1.807, 2.05) is 13.8 Å². The van der Waals surface area contributed by atoms with Crippen LogP contribution in [0.15, 0.2) is 0 Å². The van der Waals surface area contributed by atoms with E-state index >= 15 is 0 Å². The van der Waals surface area contributed by atoms with E-state index in [9.17, 15) is 4.55 Å². The first-order valence-electron chi connectivity index (χ1n) is 4.26. The van der Waals surface area contributed by atoms with Crippen LogP contribution >= 0.6 is 10.3 Å². The maximum absolute atomic E-state index is 9.58. The van der Waals surface area contributed by atoms with Crippen molar-refractivity contribution in [2.24, 2.45) is 0 Å². The van der Waals surface area contributed by atoms with Crippen molar-refractivity contribution in [2.75, 3.05) is 17.3 Å². The second-order valence-corrected chi connectivity index (χ2v) is 5.80. The van der Waals surface area contributed by atoms with E-state index in [1.54, 1.807) is 0 Å². The summed E-state index contributed by atoms with van der Waals surface area (Å²) in [6.07, 6.45) is 2.53. The fraction of sp³-hybridized carbons (Fsp3) is 1.00. The molecule has 1 nitrogen and oxygen atoms in total. The first-order valence-corrected chi connectivity index (χ1v) is 6.35. The van der Waals surface area contributed by atoms with E-state index in [4.69, 9.17) is 0 Å². The van der Waals surface area contributed by atoms with E-state index in [0.29, 0.717) is 0 Å². The second-order valence-electron chi connectivity index (χ2n) is 2.40. The molecule has 0 bridgehead atoms. The first kappa shape index (κ1) is 10.3. The lowest BCUT2D eigenvalue weighted by Gasteiger charge is -2.25. The molecule has 0 atom stereocenters. The Morgan fingerprint density at radius 3 is 1.80 bits per heavy atom. The topological polar surface area (TPSA) is 20.2 Å². The largest absolute Gasteiger partial charge is 0.351 e. The highest BCUT2D eigenvalue weighted by molar-refractivity contribution is 8.29. The third-order valence-corrected chi connectivity index (χ3v) is 5.01. The maximum atomic E-state index is 9.58. The molecule has 0 aromatic heterocycles. The van der Waals surface area contributed by atoms with Gasteiger partial charge in [-0.15, -0.1) is 10.3 Å². The fourth-order valence-corrected chi connectivity index (χ4v) is 3.40. The van der Waals surface area contributed by atoms with E-state index < -0.39 is 10.3 Å². The molecule has 1 aliphatic rings. The lowest BCUT2D eigenvalue weighted by Crippen LogP contribution is -2.01. The Bertz CT molecular complexity index is 77.3. The van der Waals surface area contributed by atoms with Gasteiger partial charge in [-0.05, 0) is 30.1 Å². The highest BCUT2D eigenvalue weighted by Crippen LogP contribution is 2.49. The number of hydrogen-bond acceptors (Lipinski definition) is 1. The van der Waals surface area contributed by atoms with E-state index in [0.717, 1.165) is 17.3 Å². The van der Waals surface area contributed by atoms with Crippen LogP contribution in [0.5, 0.6) is 0 Å². The second kappa shape index (κ2) is 5.03. The van der Waals surface area contributed by atoms with Crippen LogP contribution < -0.4 is 0 Å². The molecule has 1 heterocycles. The Labute approximate surface area is 66.4 Å². The average molecular weight is 164 g/mol. The van der Waals surface area contributed by atoms with Crippen LogP contribution in [0.2, 0.25) is 0 Å². The van der Waals surface area contributed by atoms with Gasteiger partial charge in [0.1, 0.15) is 0 Å². The molecular formula is C8H20OS. The van der Waals surface area contributed by atoms with Gasteiger partial charge in [-0.1, -0.05) is 20.8 Å². The van der Waals surface area contributed by atoms with Crippen LogP contribution in [-0.2, 0) is 0 Å². The van der Waals surface area contributed by atoms with Crippen molar-refractivity contribution in [3.8, 4) is 0 Å². The van der Waals surface area contributed by atoms with Gasteiger partial charge in [0, 0.05) is 0 Å². The van der Waals surface area contributed by atoms with Gasteiger partial charge in [-0.25, -0.2) is 0 Å². The third kappa shape index (κ3) is 2.93. The number of hydrogen-bond donors (Lipinski definition) is 1. The molecular weight excluding hydrogens is 144 g/mol. The fourth-order valence-electron chi connectivity index (χ4n) is 1.13. The lowest BCUT2D eigenvalue weighted by molar-refractivity contribution is 0.632. The van der Waals surface area contributed by atoms with Gasteiger partial charge in [0.25, 0.3) is 0 Å². The molecule has 0 amide bonds. The molecule has 2 heteroatoms. The van der Waals surface area contributed by atoms with Crippen molar-refractivity contribution < 1.29 is 4.55 Å². The molecule has 0 aromatic rings. The monoisotopic (exact) mass is 164 g/mol. The van der Waals surface area contributed by atoms with E-state index in [1.165, 1.54) is 12.8 Å². The Morgan fingerprint density at radius 2 is 1.60 bits per heavy atom. The molecule has 1 fully saturated rings. The Hall–Kier alpha value is 0.310. The molecule has 0 saturated carbocycles. The molecule has 1 rings (SSSR count). The Kier molecular flexibility index (Phi) is 5.18. The number of rotatable bonds is 1. The summed E-state index contributed by atoms with van der Waals surface area (Å²) in [5, 5.41) is 0. The quantitative estimate of drug-likeness (QED) is 0.631. The molecule has 0 radical (unpaired) electrons. The smallest absolute Gasteiger partial charge is 0.00122 e. The van der Waals surface area contributed by atoms with E-state index in [-0.39, 0.29) is 0 Å².